The molecule has 1 unspecified atom stereocenters. The molecule has 1 atom stereocenters. The number of hydrogen-bond donors (Lipinski definition) is 1. The van der Waals surface area contributed by atoms with Gasteiger partial charge in [-0.3, -0.25) is 0 Å². The van der Waals surface area contributed by atoms with E-state index < -0.39 is 16.2 Å². The maximum Gasteiger partial charge on any atom is 0.218 e. The molecule has 0 radical (unpaired) electrons. The third-order valence-electron chi connectivity index (χ3n) is 2.34. The summed E-state index contributed by atoms with van der Waals surface area (Å²) in [6.07, 6.45) is 6.63. The van der Waals surface area contributed by atoms with Crippen molar-refractivity contribution in [2.24, 2.45) is 16.5 Å². The van der Waals surface area contributed by atoms with Crippen molar-refractivity contribution in [3.8, 4) is 0 Å². The highest BCUT2D eigenvalue weighted by Crippen LogP contribution is 2.25. The summed E-state index contributed by atoms with van der Waals surface area (Å²) in [6, 6.07) is 0. The lowest BCUT2D eigenvalue weighted by Crippen LogP contribution is -2.33. The van der Waals surface area contributed by atoms with E-state index in [0.717, 1.165) is 0 Å². The summed E-state index contributed by atoms with van der Waals surface area (Å²) in [4.78, 5) is 0.227. The fraction of sp³-hybridized carbons (Fsp3) is 0.455. The van der Waals surface area contributed by atoms with Gasteiger partial charge >= 0.3 is 0 Å². The lowest BCUT2D eigenvalue weighted by atomic mass is 9.79. The summed E-state index contributed by atoms with van der Waals surface area (Å²) < 4.78 is 22.1. The fourth-order valence-electron chi connectivity index (χ4n) is 1.59. The van der Waals surface area contributed by atoms with E-state index >= 15 is 0 Å². The molecule has 0 spiro atoms. The topological polar surface area (TPSA) is 66.7 Å². The first kappa shape index (κ1) is 12.7. The van der Waals surface area contributed by atoms with Gasteiger partial charge in [0, 0.05) is 5.41 Å². The summed E-state index contributed by atoms with van der Waals surface area (Å²) in [5, 5.41) is 12.3. The van der Waals surface area contributed by atoms with Crippen LogP contribution in [0.1, 0.15) is 20.8 Å². The quantitative estimate of drug-likeness (QED) is 0.328. The van der Waals surface area contributed by atoms with Crippen LogP contribution in [0.4, 0.5) is 0 Å². The molecule has 0 heterocycles. The Labute approximate surface area is 96.5 Å². The van der Waals surface area contributed by atoms with E-state index in [9.17, 15) is 8.42 Å². The summed E-state index contributed by atoms with van der Waals surface area (Å²) in [6.45, 7) is 5.62. The SMILES string of the molecule is CC(C)(C)C(=NO)C1C=CC=CC1=S(=O)=O. The van der Waals surface area contributed by atoms with Crippen molar-refractivity contribution in [3.05, 3.63) is 24.3 Å². The van der Waals surface area contributed by atoms with Crippen molar-refractivity contribution in [1.82, 2.24) is 0 Å². The fourth-order valence-corrected chi connectivity index (χ4v) is 2.18. The number of allylic oxidation sites excluding steroid dienone is 4. The van der Waals surface area contributed by atoms with E-state index in [2.05, 4.69) is 5.16 Å². The predicted octanol–water partition coefficient (Wildman–Crippen LogP) is 1.66. The molecule has 0 fully saturated rings. The third kappa shape index (κ3) is 2.61. The van der Waals surface area contributed by atoms with Crippen molar-refractivity contribution >= 4 is 20.9 Å². The monoisotopic (exact) mass is 241 g/mol. The van der Waals surface area contributed by atoms with E-state index in [4.69, 9.17) is 5.21 Å². The van der Waals surface area contributed by atoms with Crippen molar-refractivity contribution in [3.63, 3.8) is 0 Å². The highest BCUT2D eigenvalue weighted by molar-refractivity contribution is 7.73. The van der Waals surface area contributed by atoms with Gasteiger partial charge < -0.3 is 5.21 Å². The van der Waals surface area contributed by atoms with Gasteiger partial charge in [0.15, 0.2) is 0 Å². The Bertz CT molecular complexity index is 482. The van der Waals surface area contributed by atoms with Crippen LogP contribution < -0.4 is 0 Å². The Balaban J connectivity index is 3.28. The zero-order chi connectivity index (χ0) is 12.3. The molecule has 1 N–H and O–H groups in total. The van der Waals surface area contributed by atoms with Crippen molar-refractivity contribution in [2.75, 3.05) is 0 Å². The number of hydrogen-bond acceptors (Lipinski definition) is 4. The summed E-state index contributed by atoms with van der Waals surface area (Å²) >= 11 is 0. The molecule has 0 bridgehead atoms. The van der Waals surface area contributed by atoms with Crippen LogP contribution in [0, 0.1) is 11.3 Å². The zero-order valence-corrected chi connectivity index (χ0v) is 10.3. The lowest BCUT2D eigenvalue weighted by Gasteiger charge is -2.25. The minimum atomic E-state index is -2.30. The Kier molecular flexibility index (Phi) is 3.70. The molecule has 1 rings (SSSR count). The first-order chi connectivity index (χ1) is 7.38. The van der Waals surface area contributed by atoms with Gasteiger partial charge in [-0.2, -0.15) is 8.42 Å². The molecular weight excluding hydrogens is 226 g/mol. The standard InChI is InChI=1S/C11H15NO3S/c1-11(2,3)10(12-13)8-6-4-5-7-9(8)16(14)15/h4-8,13H,1-3H3. The van der Waals surface area contributed by atoms with Crippen LogP contribution in [0.5, 0.6) is 0 Å². The summed E-state index contributed by atoms with van der Waals surface area (Å²) in [5.74, 6) is -0.478. The van der Waals surface area contributed by atoms with E-state index in [1.54, 1.807) is 18.2 Å². The van der Waals surface area contributed by atoms with Gasteiger partial charge in [0.25, 0.3) is 0 Å². The van der Waals surface area contributed by atoms with Crippen LogP contribution in [0.3, 0.4) is 0 Å². The summed E-state index contributed by atoms with van der Waals surface area (Å²) in [7, 11) is -2.30. The normalized spacial score (nSPS) is 21.3. The molecule has 4 nitrogen and oxygen atoms in total. The van der Waals surface area contributed by atoms with Gasteiger partial charge in [-0.1, -0.05) is 44.2 Å². The predicted molar refractivity (Wildman–Crippen MR) is 64.4 cm³/mol. The third-order valence-corrected chi connectivity index (χ3v) is 3.12. The molecule has 0 saturated carbocycles. The second-order valence-electron chi connectivity index (χ2n) is 4.59. The minimum Gasteiger partial charge on any atom is -0.411 e. The Morgan fingerprint density at radius 1 is 1.38 bits per heavy atom. The van der Waals surface area contributed by atoms with Crippen LogP contribution in [0.25, 0.3) is 0 Å². The number of oxime groups is 1. The maximum atomic E-state index is 11.1. The van der Waals surface area contributed by atoms with Gasteiger partial charge in [-0.05, 0) is 6.08 Å². The first-order valence-electron chi connectivity index (χ1n) is 4.91. The molecule has 0 aliphatic heterocycles. The minimum absolute atomic E-state index is 0.227. The molecule has 5 heteroatoms. The molecule has 1 aliphatic rings. The van der Waals surface area contributed by atoms with Gasteiger partial charge in [0.05, 0.1) is 16.5 Å². The molecule has 0 aromatic rings. The second kappa shape index (κ2) is 4.65. The van der Waals surface area contributed by atoms with E-state index in [1.165, 1.54) is 6.08 Å². The van der Waals surface area contributed by atoms with E-state index in [0.29, 0.717) is 5.71 Å². The smallest absolute Gasteiger partial charge is 0.218 e. The molecule has 0 aromatic carbocycles. The van der Waals surface area contributed by atoms with Crippen molar-refractivity contribution < 1.29 is 13.6 Å². The van der Waals surface area contributed by atoms with Gasteiger partial charge in [0.2, 0.25) is 10.3 Å². The van der Waals surface area contributed by atoms with Crippen LogP contribution >= 0.6 is 0 Å². The van der Waals surface area contributed by atoms with E-state index in [-0.39, 0.29) is 10.3 Å². The Morgan fingerprint density at radius 2 is 2.00 bits per heavy atom. The molecule has 0 amide bonds. The highest BCUT2D eigenvalue weighted by atomic mass is 32.2. The summed E-state index contributed by atoms with van der Waals surface area (Å²) in [5.41, 5.74) is 0.0480. The molecule has 16 heavy (non-hydrogen) atoms. The molecule has 0 aromatic heterocycles. The van der Waals surface area contributed by atoms with Gasteiger partial charge in [-0.15, -0.1) is 0 Å². The van der Waals surface area contributed by atoms with Gasteiger partial charge in [-0.25, -0.2) is 0 Å². The van der Waals surface area contributed by atoms with Crippen LogP contribution in [-0.2, 0) is 10.3 Å². The van der Waals surface area contributed by atoms with Gasteiger partial charge in [0.1, 0.15) is 0 Å². The molecule has 1 aliphatic carbocycles. The van der Waals surface area contributed by atoms with Crippen molar-refractivity contribution in [1.29, 1.82) is 0 Å². The second-order valence-corrected chi connectivity index (χ2v) is 5.53. The van der Waals surface area contributed by atoms with Crippen LogP contribution in [-0.4, -0.2) is 24.2 Å². The maximum absolute atomic E-state index is 11.1. The first-order valence-corrected chi connectivity index (χ1v) is 5.99. The molecule has 0 saturated heterocycles. The Hall–Kier alpha value is -1.36. The van der Waals surface area contributed by atoms with E-state index in [1.807, 2.05) is 20.8 Å². The van der Waals surface area contributed by atoms with Crippen molar-refractivity contribution in [2.45, 2.75) is 20.8 Å². The highest BCUT2D eigenvalue weighted by Gasteiger charge is 2.30. The zero-order valence-electron chi connectivity index (χ0n) is 9.51. The Morgan fingerprint density at radius 3 is 2.44 bits per heavy atom. The average molecular weight is 241 g/mol. The molecule has 88 valence electrons. The van der Waals surface area contributed by atoms with Crippen LogP contribution in [0.2, 0.25) is 0 Å². The van der Waals surface area contributed by atoms with Crippen LogP contribution in [0.15, 0.2) is 29.5 Å². The number of nitrogens with zero attached hydrogens (tertiary/aromatic N) is 1. The number of rotatable bonds is 1. The largest absolute Gasteiger partial charge is 0.411 e. The molecular formula is C11H15NO3S. The average Bonchev–Trinajstić information content (AvgIpc) is 2.17. The lowest BCUT2D eigenvalue weighted by molar-refractivity contribution is 0.308.